The minimum atomic E-state index is -0.255. The first-order chi connectivity index (χ1) is 15.0. The Morgan fingerprint density at radius 2 is 1.84 bits per heavy atom. The van der Waals surface area contributed by atoms with Crippen LogP contribution in [0, 0.1) is 5.82 Å². The molecule has 0 spiro atoms. The molecule has 0 N–H and O–H groups in total. The second kappa shape index (κ2) is 13.0. The third kappa shape index (κ3) is 6.81. The van der Waals surface area contributed by atoms with Crippen molar-refractivity contribution in [3.8, 4) is 5.75 Å². The van der Waals surface area contributed by atoms with Gasteiger partial charge in [0.25, 0.3) is 0 Å². The highest BCUT2D eigenvalue weighted by atomic mass is 35.5. The summed E-state index contributed by atoms with van der Waals surface area (Å²) in [7, 11) is 1.63. The molecule has 1 aromatic heterocycles. The average Bonchev–Trinajstić information content (AvgIpc) is 3.22. The molecule has 1 heterocycles. The molecule has 2 aromatic carbocycles. The fraction of sp³-hybridized carbons (Fsp3) is 0.391. The maximum Gasteiger partial charge on any atom is 0.229 e. The van der Waals surface area contributed by atoms with Crippen LogP contribution in [0.15, 0.2) is 47.4 Å². The summed E-state index contributed by atoms with van der Waals surface area (Å²) in [6.45, 7) is 7.50. The molecule has 0 saturated heterocycles. The van der Waals surface area contributed by atoms with E-state index < -0.39 is 0 Å². The van der Waals surface area contributed by atoms with Crippen molar-refractivity contribution in [2.45, 2.75) is 25.2 Å². The average molecular weight is 498 g/mol. The van der Waals surface area contributed by atoms with E-state index >= 15 is 0 Å². The highest BCUT2D eigenvalue weighted by Gasteiger charge is 2.21. The van der Waals surface area contributed by atoms with Crippen LogP contribution in [-0.4, -0.2) is 54.8 Å². The molecule has 0 fully saturated rings. The first kappa shape index (κ1) is 26.4. The van der Waals surface area contributed by atoms with Gasteiger partial charge in [-0.15, -0.1) is 24.2 Å². The van der Waals surface area contributed by atoms with Gasteiger partial charge in [0.05, 0.1) is 11.8 Å². The highest BCUT2D eigenvalue weighted by molar-refractivity contribution is 7.99. The van der Waals surface area contributed by atoms with Crippen molar-refractivity contribution in [1.82, 2.24) is 9.88 Å². The number of nitrogens with zero attached hydrogens (tertiary/aromatic N) is 3. The molecule has 0 atom stereocenters. The summed E-state index contributed by atoms with van der Waals surface area (Å²) in [5.41, 5.74) is 0.784. The summed E-state index contributed by atoms with van der Waals surface area (Å²) in [5.74, 6) is 1.12. The normalized spacial score (nSPS) is 10.9. The summed E-state index contributed by atoms with van der Waals surface area (Å²) >= 11 is 3.06. The molecule has 0 aliphatic rings. The van der Waals surface area contributed by atoms with Gasteiger partial charge in [-0.25, -0.2) is 9.37 Å². The number of thioether (sulfide) groups is 1. The minimum absolute atomic E-state index is 0. The van der Waals surface area contributed by atoms with Gasteiger partial charge in [0, 0.05) is 30.2 Å². The fourth-order valence-electron chi connectivity index (χ4n) is 3.22. The van der Waals surface area contributed by atoms with Gasteiger partial charge in [-0.2, -0.15) is 0 Å². The molecule has 0 aliphatic heterocycles. The summed E-state index contributed by atoms with van der Waals surface area (Å²) in [6, 6.07) is 12.2. The Bertz CT molecular complexity index is 997. The number of para-hydroxylation sites is 1. The molecule has 3 aromatic rings. The Morgan fingerprint density at radius 1 is 1.12 bits per heavy atom. The number of benzene rings is 2. The molecule has 1 amide bonds. The number of fused-ring (bicyclic) bond motifs is 1. The largest absolute Gasteiger partial charge is 0.494 e. The number of hydrogen-bond acceptors (Lipinski definition) is 6. The second-order valence-electron chi connectivity index (χ2n) is 6.93. The molecular weight excluding hydrogens is 469 g/mol. The summed E-state index contributed by atoms with van der Waals surface area (Å²) in [6.07, 6.45) is 0.382. The van der Waals surface area contributed by atoms with E-state index in [0.29, 0.717) is 29.6 Å². The Morgan fingerprint density at radius 3 is 2.50 bits per heavy atom. The maximum absolute atomic E-state index is 13.2. The third-order valence-corrected chi connectivity index (χ3v) is 7.11. The molecule has 174 valence electrons. The number of hydrogen-bond donors (Lipinski definition) is 0. The topological polar surface area (TPSA) is 45.7 Å². The number of likely N-dealkylation sites (N-methyl/N-ethyl adjacent to an activating group) is 1. The van der Waals surface area contributed by atoms with Crippen LogP contribution in [0.25, 0.3) is 10.2 Å². The lowest BCUT2D eigenvalue weighted by atomic mass is 10.3. The van der Waals surface area contributed by atoms with Crippen LogP contribution in [0.2, 0.25) is 0 Å². The zero-order valence-corrected chi connectivity index (χ0v) is 21.0. The third-order valence-electron chi connectivity index (χ3n) is 5.06. The smallest absolute Gasteiger partial charge is 0.229 e. The molecule has 9 heteroatoms. The SMILES string of the molecule is CCN(CC)CCN(C(=O)CCSc1ccc(F)cc1)c1nc2c(OC)cccc2s1.Cl. The predicted octanol–water partition coefficient (Wildman–Crippen LogP) is 5.72. The van der Waals surface area contributed by atoms with Crippen molar-refractivity contribution in [3.63, 3.8) is 0 Å². The van der Waals surface area contributed by atoms with E-state index in [1.807, 2.05) is 18.2 Å². The quantitative estimate of drug-likeness (QED) is 0.317. The van der Waals surface area contributed by atoms with Gasteiger partial charge in [0.15, 0.2) is 5.13 Å². The second-order valence-corrected chi connectivity index (χ2v) is 9.11. The van der Waals surface area contributed by atoms with E-state index in [0.717, 1.165) is 34.7 Å². The zero-order chi connectivity index (χ0) is 22.2. The molecule has 0 aliphatic carbocycles. The number of carbonyl (C=O) groups is 1. The van der Waals surface area contributed by atoms with Gasteiger partial charge in [-0.3, -0.25) is 9.69 Å². The Kier molecular flexibility index (Phi) is 10.7. The van der Waals surface area contributed by atoms with Gasteiger partial charge in [0.1, 0.15) is 17.1 Å². The first-order valence-corrected chi connectivity index (χ1v) is 12.2. The van der Waals surface area contributed by atoms with Crippen LogP contribution >= 0.6 is 35.5 Å². The van der Waals surface area contributed by atoms with Crippen LogP contribution in [-0.2, 0) is 4.79 Å². The van der Waals surface area contributed by atoms with Crippen molar-refractivity contribution in [2.24, 2.45) is 0 Å². The molecule has 0 bridgehead atoms. The standard InChI is InChI=1S/C23H28FN3O2S2.ClH/c1-4-26(5-2)14-15-27(21(28)13-16-30-18-11-9-17(24)10-12-18)23-25-22-19(29-3)7-6-8-20(22)31-23;/h6-12H,4-5,13-16H2,1-3H3;1H. The summed E-state index contributed by atoms with van der Waals surface area (Å²) in [4.78, 5) is 23.0. The highest BCUT2D eigenvalue weighted by Crippen LogP contribution is 2.34. The van der Waals surface area contributed by atoms with Gasteiger partial charge >= 0.3 is 0 Å². The van der Waals surface area contributed by atoms with Gasteiger partial charge < -0.3 is 9.64 Å². The van der Waals surface area contributed by atoms with Crippen LogP contribution < -0.4 is 9.64 Å². The zero-order valence-electron chi connectivity index (χ0n) is 18.5. The van der Waals surface area contributed by atoms with E-state index in [1.165, 1.54) is 23.5 Å². The number of aromatic nitrogens is 1. The van der Waals surface area contributed by atoms with Crippen LogP contribution in [0.5, 0.6) is 5.75 Å². The number of rotatable bonds is 11. The van der Waals surface area contributed by atoms with Gasteiger partial charge in [-0.1, -0.05) is 31.3 Å². The Labute approximate surface area is 203 Å². The van der Waals surface area contributed by atoms with Crippen LogP contribution in [0.3, 0.4) is 0 Å². The van der Waals surface area contributed by atoms with E-state index in [2.05, 4.69) is 18.7 Å². The van der Waals surface area contributed by atoms with Crippen LogP contribution in [0.1, 0.15) is 20.3 Å². The minimum Gasteiger partial charge on any atom is -0.494 e. The lowest BCUT2D eigenvalue weighted by Gasteiger charge is -2.24. The maximum atomic E-state index is 13.2. The lowest BCUT2D eigenvalue weighted by Crippen LogP contribution is -2.39. The number of anilines is 1. The van der Waals surface area contributed by atoms with Crippen LogP contribution in [0.4, 0.5) is 9.52 Å². The fourth-order valence-corrected chi connectivity index (χ4v) is 5.09. The Hall–Kier alpha value is -1.87. The number of halogens is 2. The molecule has 0 radical (unpaired) electrons. The molecule has 0 saturated carbocycles. The van der Waals surface area contributed by atoms with Crippen molar-refractivity contribution >= 4 is 56.8 Å². The number of amides is 1. The molecule has 0 unspecified atom stereocenters. The summed E-state index contributed by atoms with van der Waals surface area (Å²) in [5, 5.41) is 0.698. The number of methoxy groups -OCH3 is 1. The molecular formula is C23H29ClFN3O2S2. The monoisotopic (exact) mass is 497 g/mol. The van der Waals surface area contributed by atoms with Gasteiger partial charge in [0.2, 0.25) is 5.91 Å². The van der Waals surface area contributed by atoms with E-state index in [4.69, 9.17) is 9.72 Å². The van der Waals surface area contributed by atoms with E-state index in [-0.39, 0.29) is 24.1 Å². The molecule has 5 nitrogen and oxygen atoms in total. The number of carbonyl (C=O) groups excluding carboxylic acids is 1. The van der Waals surface area contributed by atoms with Gasteiger partial charge in [-0.05, 0) is 49.5 Å². The van der Waals surface area contributed by atoms with Crippen molar-refractivity contribution in [2.75, 3.05) is 43.9 Å². The number of ether oxygens (including phenoxy) is 1. The van der Waals surface area contributed by atoms with Crippen molar-refractivity contribution in [3.05, 3.63) is 48.3 Å². The van der Waals surface area contributed by atoms with E-state index in [9.17, 15) is 9.18 Å². The molecule has 32 heavy (non-hydrogen) atoms. The Balaban J connectivity index is 0.00000363. The summed E-state index contributed by atoms with van der Waals surface area (Å²) < 4.78 is 19.5. The number of thiazole rings is 1. The lowest BCUT2D eigenvalue weighted by molar-refractivity contribution is -0.118. The predicted molar refractivity (Wildman–Crippen MR) is 135 cm³/mol. The van der Waals surface area contributed by atoms with Crippen molar-refractivity contribution < 1.29 is 13.9 Å². The first-order valence-electron chi connectivity index (χ1n) is 10.4. The van der Waals surface area contributed by atoms with Crippen molar-refractivity contribution in [1.29, 1.82) is 0 Å². The molecule has 3 rings (SSSR count). The van der Waals surface area contributed by atoms with E-state index in [1.54, 1.807) is 35.9 Å².